The number of hydrogen-bond acceptors (Lipinski definition) is 5. The van der Waals surface area contributed by atoms with Gasteiger partial charge < -0.3 is 15.3 Å². The molecule has 0 spiro atoms. The number of benzene rings is 1. The zero-order chi connectivity index (χ0) is 20.3. The van der Waals surface area contributed by atoms with Gasteiger partial charge in [0.1, 0.15) is 6.04 Å². The highest BCUT2D eigenvalue weighted by atomic mass is 16.4. The lowest BCUT2D eigenvalue weighted by Gasteiger charge is -2.29. The second-order valence-electron chi connectivity index (χ2n) is 6.92. The summed E-state index contributed by atoms with van der Waals surface area (Å²) in [5.41, 5.74) is 1.72. The summed E-state index contributed by atoms with van der Waals surface area (Å²) < 4.78 is 0. The van der Waals surface area contributed by atoms with Gasteiger partial charge in [-0.05, 0) is 43.0 Å². The van der Waals surface area contributed by atoms with E-state index in [2.05, 4.69) is 10.6 Å². The molecule has 0 aromatic heterocycles. The normalized spacial score (nSPS) is 18.6. The van der Waals surface area contributed by atoms with Crippen molar-refractivity contribution in [3.05, 3.63) is 29.3 Å². The number of carboxylic acid groups (broad SMARTS) is 1. The number of carbonyl (C=O) groups excluding carboxylic acids is 4. The molecule has 28 heavy (non-hydrogen) atoms. The number of aliphatic carboxylic acids is 1. The molecular weight excluding hydrogens is 366 g/mol. The number of nitrogens with one attached hydrogen (secondary N) is 2. The lowest BCUT2D eigenvalue weighted by molar-refractivity contribution is -0.138. The summed E-state index contributed by atoms with van der Waals surface area (Å²) in [6, 6.07) is 4.27. The second-order valence-corrected chi connectivity index (χ2v) is 6.92. The van der Waals surface area contributed by atoms with Gasteiger partial charge in [0.2, 0.25) is 17.7 Å². The van der Waals surface area contributed by atoms with Crippen LogP contribution < -0.4 is 10.6 Å². The molecule has 1 atom stereocenters. The number of piperidine rings is 1. The Kier molecular flexibility index (Phi) is 5.72. The van der Waals surface area contributed by atoms with E-state index in [-0.39, 0.29) is 43.5 Å². The molecule has 9 heteroatoms. The molecule has 3 N–H and O–H groups in total. The number of carbonyl (C=O) groups is 5. The van der Waals surface area contributed by atoms with Crippen LogP contribution in [-0.2, 0) is 25.7 Å². The first kappa shape index (κ1) is 19.5. The zero-order valence-electron chi connectivity index (χ0n) is 15.2. The van der Waals surface area contributed by atoms with Crippen LogP contribution in [0.5, 0.6) is 0 Å². The van der Waals surface area contributed by atoms with Crippen LogP contribution in [0.3, 0.4) is 0 Å². The Bertz CT molecular complexity index is 850. The fraction of sp³-hybridized carbons (Fsp3) is 0.421. The third kappa shape index (κ3) is 4.36. The molecule has 9 nitrogen and oxygen atoms in total. The standard InChI is InChI=1S/C19H21N3O6/c23-15(3-1-2-4-17(25)26)20-12-5-6-13-11(9-12)10-22(19(13)28)14-7-8-16(24)21-18(14)27/h5-6,9,14H,1-4,7-8,10H2,(H,20,23)(H,25,26)(H,21,24,27). The molecule has 1 unspecified atom stereocenters. The molecule has 1 aromatic rings. The van der Waals surface area contributed by atoms with Crippen LogP contribution in [0.2, 0.25) is 0 Å². The first-order chi connectivity index (χ1) is 13.3. The average molecular weight is 387 g/mol. The van der Waals surface area contributed by atoms with Crippen LogP contribution in [0.4, 0.5) is 5.69 Å². The number of unbranched alkanes of at least 4 members (excludes halogenated alkanes) is 1. The first-order valence-corrected chi connectivity index (χ1v) is 9.14. The van der Waals surface area contributed by atoms with Crippen molar-refractivity contribution in [2.24, 2.45) is 0 Å². The molecule has 4 amide bonds. The lowest BCUT2D eigenvalue weighted by Crippen LogP contribution is -2.52. The molecule has 2 aliphatic heterocycles. The molecule has 1 aromatic carbocycles. The van der Waals surface area contributed by atoms with Crippen LogP contribution in [-0.4, -0.2) is 45.6 Å². The minimum Gasteiger partial charge on any atom is -0.481 e. The lowest BCUT2D eigenvalue weighted by atomic mass is 10.0. The number of carboxylic acids is 1. The van der Waals surface area contributed by atoms with Gasteiger partial charge in [0.15, 0.2) is 0 Å². The van der Waals surface area contributed by atoms with Crippen molar-refractivity contribution in [3.8, 4) is 0 Å². The summed E-state index contributed by atoms with van der Waals surface area (Å²) in [6.07, 6.45) is 1.65. The van der Waals surface area contributed by atoms with Crippen molar-refractivity contribution in [1.29, 1.82) is 0 Å². The minimum atomic E-state index is -0.885. The van der Waals surface area contributed by atoms with Gasteiger partial charge in [-0.25, -0.2) is 0 Å². The summed E-state index contributed by atoms with van der Waals surface area (Å²) >= 11 is 0. The highest BCUT2D eigenvalue weighted by Gasteiger charge is 2.39. The molecule has 1 saturated heterocycles. The molecule has 148 valence electrons. The van der Waals surface area contributed by atoms with E-state index >= 15 is 0 Å². The molecule has 0 saturated carbocycles. The predicted octanol–water partition coefficient (Wildman–Crippen LogP) is 1.03. The van der Waals surface area contributed by atoms with Crippen LogP contribution in [0.1, 0.15) is 54.4 Å². The number of imide groups is 1. The van der Waals surface area contributed by atoms with Crippen LogP contribution in [0, 0.1) is 0 Å². The highest BCUT2D eigenvalue weighted by Crippen LogP contribution is 2.29. The molecule has 0 radical (unpaired) electrons. The maximum absolute atomic E-state index is 12.6. The highest BCUT2D eigenvalue weighted by molar-refractivity contribution is 6.05. The Morgan fingerprint density at radius 1 is 1.18 bits per heavy atom. The molecule has 2 heterocycles. The van der Waals surface area contributed by atoms with E-state index in [1.54, 1.807) is 18.2 Å². The molecule has 2 aliphatic rings. The van der Waals surface area contributed by atoms with Crippen LogP contribution in [0.15, 0.2) is 18.2 Å². The maximum atomic E-state index is 12.6. The number of anilines is 1. The van der Waals surface area contributed by atoms with E-state index in [4.69, 9.17) is 5.11 Å². The van der Waals surface area contributed by atoms with Crippen LogP contribution >= 0.6 is 0 Å². The number of nitrogens with zero attached hydrogens (tertiary/aromatic N) is 1. The third-order valence-corrected chi connectivity index (χ3v) is 4.85. The first-order valence-electron chi connectivity index (χ1n) is 9.14. The maximum Gasteiger partial charge on any atom is 0.303 e. The van der Waals surface area contributed by atoms with E-state index in [0.717, 1.165) is 0 Å². The van der Waals surface area contributed by atoms with Gasteiger partial charge in [-0.15, -0.1) is 0 Å². The van der Waals surface area contributed by atoms with Gasteiger partial charge in [0.25, 0.3) is 5.91 Å². The quantitative estimate of drug-likeness (QED) is 0.473. The summed E-state index contributed by atoms with van der Waals surface area (Å²) in [7, 11) is 0. The topological polar surface area (TPSA) is 133 Å². The molecular formula is C19H21N3O6. The van der Waals surface area contributed by atoms with E-state index in [0.29, 0.717) is 36.1 Å². The Hall–Kier alpha value is -3.23. The van der Waals surface area contributed by atoms with E-state index in [9.17, 15) is 24.0 Å². The Balaban J connectivity index is 1.60. The molecule has 0 aliphatic carbocycles. The summed E-state index contributed by atoms with van der Waals surface area (Å²) in [6.45, 7) is 0.239. The Morgan fingerprint density at radius 3 is 2.64 bits per heavy atom. The van der Waals surface area contributed by atoms with Crippen molar-refractivity contribution in [2.75, 3.05) is 5.32 Å². The number of fused-ring (bicyclic) bond motifs is 1. The van der Waals surface area contributed by atoms with Gasteiger partial charge in [-0.2, -0.15) is 0 Å². The number of amides is 4. The third-order valence-electron chi connectivity index (χ3n) is 4.85. The summed E-state index contributed by atoms with van der Waals surface area (Å²) in [4.78, 5) is 59.9. The Labute approximate surface area is 161 Å². The summed E-state index contributed by atoms with van der Waals surface area (Å²) in [5, 5.41) is 13.6. The van der Waals surface area contributed by atoms with Gasteiger partial charge in [0.05, 0.1) is 0 Å². The van der Waals surface area contributed by atoms with Gasteiger partial charge in [0, 0.05) is 37.1 Å². The summed E-state index contributed by atoms with van der Waals surface area (Å²) in [5.74, 6) is -2.18. The molecule has 0 bridgehead atoms. The zero-order valence-corrected chi connectivity index (χ0v) is 15.2. The predicted molar refractivity (Wildman–Crippen MR) is 97.2 cm³/mol. The smallest absolute Gasteiger partial charge is 0.303 e. The molecule has 1 fully saturated rings. The monoisotopic (exact) mass is 387 g/mol. The SMILES string of the molecule is O=C(O)CCCCC(=O)Nc1ccc2c(c1)CN(C1CCC(=O)NC1=O)C2=O. The van der Waals surface area contributed by atoms with Crippen molar-refractivity contribution in [2.45, 2.75) is 51.1 Å². The van der Waals surface area contributed by atoms with Crippen molar-refractivity contribution in [1.82, 2.24) is 10.2 Å². The van der Waals surface area contributed by atoms with Crippen molar-refractivity contribution < 1.29 is 29.1 Å². The minimum absolute atomic E-state index is 0.0322. The number of rotatable bonds is 7. The van der Waals surface area contributed by atoms with Crippen molar-refractivity contribution >= 4 is 35.3 Å². The fourth-order valence-electron chi connectivity index (χ4n) is 3.44. The Morgan fingerprint density at radius 2 is 1.93 bits per heavy atom. The van der Waals surface area contributed by atoms with E-state index < -0.39 is 17.9 Å². The van der Waals surface area contributed by atoms with Gasteiger partial charge >= 0.3 is 5.97 Å². The average Bonchev–Trinajstić information content (AvgIpc) is 2.94. The van der Waals surface area contributed by atoms with Crippen LogP contribution in [0.25, 0.3) is 0 Å². The van der Waals surface area contributed by atoms with Crippen molar-refractivity contribution in [3.63, 3.8) is 0 Å². The van der Waals surface area contributed by atoms with E-state index in [1.807, 2.05) is 0 Å². The largest absolute Gasteiger partial charge is 0.481 e. The fourth-order valence-corrected chi connectivity index (χ4v) is 3.44. The van der Waals surface area contributed by atoms with E-state index in [1.165, 1.54) is 4.90 Å². The second kappa shape index (κ2) is 8.20. The van der Waals surface area contributed by atoms with Gasteiger partial charge in [-0.1, -0.05) is 0 Å². The molecule has 3 rings (SSSR count). The van der Waals surface area contributed by atoms with Gasteiger partial charge in [-0.3, -0.25) is 29.3 Å². The number of hydrogen-bond donors (Lipinski definition) is 3.